The Labute approximate surface area is 531 Å². The van der Waals surface area contributed by atoms with Crippen LogP contribution in [-0.4, -0.2) is 167 Å². The number of nitrogens with two attached hydrogens (primary N) is 4. The van der Waals surface area contributed by atoms with E-state index in [1.807, 2.05) is 42.5 Å². The van der Waals surface area contributed by atoms with Crippen molar-refractivity contribution < 1.29 is 63.0 Å². The summed E-state index contributed by atoms with van der Waals surface area (Å²) in [5, 5.41) is 46.5. The summed E-state index contributed by atoms with van der Waals surface area (Å²) < 4.78 is 0. The molecule has 0 unspecified atom stereocenters. The topological polar surface area (TPSA) is 456 Å². The molecule has 0 bridgehead atoms. The number of phenolic OH excluding ortho intramolecular Hbond substituents is 1. The summed E-state index contributed by atoms with van der Waals surface area (Å²) in [6.45, 7) is 5.26. The molecule has 1 saturated heterocycles. The Morgan fingerprint density at radius 2 is 1.09 bits per heavy atom. The Morgan fingerprint density at radius 3 is 1.66 bits per heavy atom. The molecule has 1 aliphatic heterocycles. The summed E-state index contributed by atoms with van der Waals surface area (Å²) in [5.74, 6) is -8.71. The molecule has 1 aliphatic rings. The number of aliphatic hydroxyl groups excluding tert-OH is 1. The van der Waals surface area contributed by atoms with E-state index in [2.05, 4.69) is 52.8 Å². The number of amides is 12. The summed E-state index contributed by atoms with van der Waals surface area (Å²) in [7, 11) is 0. The van der Waals surface area contributed by atoms with Crippen LogP contribution in [0.3, 0.4) is 0 Å². The number of nitrogens with zero attached hydrogens (tertiary/aromatic N) is 2. The Balaban J connectivity index is 1.41. The molecule has 0 saturated carbocycles. The maximum atomic E-state index is 14.7. The summed E-state index contributed by atoms with van der Waals surface area (Å²) in [5.41, 5.74) is 23.4. The van der Waals surface area contributed by atoms with Gasteiger partial charge in [0.1, 0.15) is 60.1 Å². The van der Waals surface area contributed by atoms with Gasteiger partial charge in [0.05, 0.1) is 6.61 Å². The number of phenols is 1. The lowest BCUT2D eigenvalue weighted by atomic mass is 10.00. The van der Waals surface area contributed by atoms with E-state index in [4.69, 9.17) is 34.5 Å². The van der Waals surface area contributed by atoms with Gasteiger partial charge in [0, 0.05) is 50.8 Å². The SMILES string of the molecule is CC(=O)N[C@H](Cc1ccc2ccccc2c1)C(=O)N[C@H](Cc1ccc(Cl)cc1)C(=O)N[C@@H](CO)C(=O)N[C@@H](Cc1ccc(O)cc1)C(=O)N[C@H](CCCNC(N)=O)C(=O)N[C@@H](CC(C)C)C(=O)N[C@@H](CCCN=C(N)N)C(=O)N1CCC[C@H]1C(=O)N[C@H](C)C(N)=O. The van der Waals surface area contributed by atoms with Crippen LogP contribution in [0.2, 0.25) is 5.02 Å². The van der Waals surface area contributed by atoms with Crippen LogP contribution >= 0.6 is 11.6 Å². The molecular formula is C62H84ClN15O13. The van der Waals surface area contributed by atoms with Crippen molar-refractivity contribution in [3.8, 4) is 5.75 Å². The van der Waals surface area contributed by atoms with Crippen LogP contribution in [0.15, 0.2) is 96.0 Å². The molecule has 12 amide bonds. The van der Waals surface area contributed by atoms with Crippen molar-refractivity contribution in [1.29, 1.82) is 0 Å². The highest BCUT2D eigenvalue weighted by molar-refractivity contribution is 6.30. The molecule has 0 aliphatic carbocycles. The Kier molecular flexibility index (Phi) is 28.2. The normalized spacial score (nSPS) is 15.4. The highest BCUT2D eigenvalue weighted by Gasteiger charge is 2.40. The summed E-state index contributed by atoms with van der Waals surface area (Å²) in [6, 6.07) is 12.0. The number of hydrogen-bond donors (Lipinski definition) is 15. The monoisotopic (exact) mass is 1280 g/mol. The highest BCUT2D eigenvalue weighted by Crippen LogP contribution is 2.22. The highest BCUT2D eigenvalue weighted by atomic mass is 35.5. The first-order valence-corrected chi connectivity index (χ1v) is 30.3. The van der Waals surface area contributed by atoms with Gasteiger partial charge in [-0.2, -0.15) is 0 Å². The molecule has 9 atom stereocenters. The predicted octanol–water partition coefficient (Wildman–Crippen LogP) is -0.838. The fraction of sp³-hybridized carbons (Fsp3) is 0.452. The molecule has 5 rings (SSSR count). The van der Waals surface area contributed by atoms with Crippen LogP contribution in [0.5, 0.6) is 5.75 Å². The molecular weight excluding hydrogens is 1200 g/mol. The van der Waals surface area contributed by atoms with E-state index >= 15 is 0 Å². The van der Waals surface area contributed by atoms with Gasteiger partial charge in [-0.1, -0.05) is 92.2 Å². The van der Waals surface area contributed by atoms with Crippen molar-refractivity contribution in [1.82, 2.24) is 52.8 Å². The average molecular weight is 1280 g/mol. The van der Waals surface area contributed by atoms with Gasteiger partial charge in [0.2, 0.25) is 59.1 Å². The number of carbonyl (C=O) groups is 11. The first kappa shape index (κ1) is 72.2. The number of aromatic hydroxyl groups is 1. The fourth-order valence-corrected chi connectivity index (χ4v) is 10.3. The van der Waals surface area contributed by atoms with Crippen molar-refractivity contribution in [2.45, 2.75) is 146 Å². The van der Waals surface area contributed by atoms with Gasteiger partial charge in [-0.25, -0.2) is 4.79 Å². The van der Waals surface area contributed by atoms with Crippen LogP contribution < -0.4 is 70.8 Å². The minimum atomic E-state index is -1.79. The lowest BCUT2D eigenvalue weighted by Crippen LogP contribution is -2.61. The number of aliphatic imine (C=N–C) groups is 1. The van der Waals surface area contributed by atoms with Gasteiger partial charge >= 0.3 is 6.03 Å². The number of rotatable bonds is 34. The number of benzene rings is 4. The van der Waals surface area contributed by atoms with Gasteiger partial charge in [-0.15, -0.1) is 0 Å². The van der Waals surface area contributed by atoms with Crippen LogP contribution in [-0.2, 0) is 67.2 Å². The molecule has 4 aromatic rings. The van der Waals surface area contributed by atoms with E-state index in [1.54, 1.807) is 38.1 Å². The number of fused-ring (bicyclic) bond motifs is 1. The molecule has 4 aromatic carbocycles. The van der Waals surface area contributed by atoms with Crippen LogP contribution in [0, 0.1) is 5.92 Å². The molecule has 19 N–H and O–H groups in total. The summed E-state index contributed by atoms with van der Waals surface area (Å²) in [6.07, 6.45) is 0.182. The van der Waals surface area contributed by atoms with Crippen molar-refractivity contribution in [3.63, 3.8) is 0 Å². The van der Waals surface area contributed by atoms with E-state index < -0.39 is 126 Å². The van der Waals surface area contributed by atoms with Crippen molar-refractivity contribution in [3.05, 3.63) is 113 Å². The number of hydrogen-bond acceptors (Lipinski definition) is 14. The fourth-order valence-electron chi connectivity index (χ4n) is 10.2. The number of guanidine groups is 1. The third-order valence-electron chi connectivity index (χ3n) is 14.9. The van der Waals surface area contributed by atoms with Gasteiger partial charge in [-0.05, 0) is 110 Å². The van der Waals surface area contributed by atoms with Gasteiger partial charge in [0.25, 0.3) is 0 Å². The molecule has 0 aromatic heterocycles. The minimum absolute atomic E-state index is 0.00458. The maximum absolute atomic E-state index is 14.7. The first-order chi connectivity index (χ1) is 43.2. The standard InChI is InChI=1S/C62H84ClN15O13/c1-34(2)28-46(54(84)73-45(13-8-25-68-61(65)66)60(90)78-27-9-14-51(78)59(89)70-35(3)52(64)82)74-53(83)44(12-7-26-69-62(67)91)72-56(86)48(31-38-18-23-43(81)24-19-38)76-58(88)50(33-79)77-57(87)49(30-37-16-21-42(63)22-17-37)75-55(85)47(71-36(4)80)32-39-15-20-40-10-5-6-11-41(40)29-39/h5-6,10-11,15-24,29,34-35,44-51,79,81H,7-9,12-14,25-28,30-33H2,1-4H3,(H2,64,82)(H,70,89)(H,71,80)(H,72,86)(H,73,84)(H,74,83)(H,75,85)(H,76,88)(H,77,87)(H4,65,66,68)(H3,67,69,91)/t35-,44-,45+,46+,47-,48+,49-,50+,51+/m1/s1. The number of aliphatic hydroxyl groups is 1. The molecule has 28 nitrogen and oxygen atoms in total. The van der Waals surface area contributed by atoms with E-state index in [0.717, 1.165) is 10.8 Å². The summed E-state index contributed by atoms with van der Waals surface area (Å²) >= 11 is 6.17. The second kappa shape index (κ2) is 35.6. The number of nitrogens with one attached hydrogen (secondary N) is 9. The van der Waals surface area contributed by atoms with Crippen LogP contribution in [0.4, 0.5) is 4.79 Å². The molecule has 91 heavy (non-hydrogen) atoms. The van der Waals surface area contributed by atoms with E-state index in [0.29, 0.717) is 28.1 Å². The predicted molar refractivity (Wildman–Crippen MR) is 339 cm³/mol. The Hall–Kier alpha value is -9.57. The van der Waals surface area contributed by atoms with Crippen molar-refractivity contribution >= 4 is 93.4 Å². The molecule has 29 heteroatoms. The molecule has 1 heterocycles. The van der Waals surface area contributed by atoms with Gasteiger partial charge in [-0.3, -0.25) is 52.9 Å². The van der Waals surface area contributed by atoms with E-state index in [1.165, 1.54) is 43.0 Å². The van der Waals surface area contributed by atoms with Crippen LogP contribution in [0.25, 0.3) is 10.8 Å². The number of urea groups is 1. The zero-order chi connectivity index (χ0) is 66.9. The molecule has 492 valence electrons. The maximum Gasteiger partial charge on any atom is 0.312 e. The first-order valence-electron chi connectivity index (χ1n) is 29.9. The molecule has 0 spiro atoms. The lowest BCUT2D eigenvalue weighted by molar-refractivity contribution is -0.142. The van der Waals surface area contributed by atoms with Gasteiger partial charge in [0.15, 0.2) is 5.96 Å². The zero-order valence-electron chi connectivity index (χ0n) is 51.3. The third kappa shape index (κ3) is 23.7. The van der Waals surface area contributed by atoms with Crippen molar-refractivity contribution in [2.75, 3.05) is 26.2 Å². The third-order valence-corrected chi connectivity index (χ3v) is 15.1. The Bertz CT molecular complexity index is 3240. The van der Waals surface area contributed by atoms with Crippen molar-refractivity contribution in [2.24, 2.45) is 33.8 Å². The number of halogens is 1. The zero-order valence-corrected chi connectivity index (χ0v) is 52.1. The quantitative estimate of drug-likeness (QED) is 0.0154. The lowest BCUT2D eigenvalue weighted by Gasteiger charge is -2.31. The smallest absolute Gasteiger partial charge is 0.312 e. The second-order valence-electron chi connectivity index (χ2n) is 22.7. The Morgan fingerprint density at radius 1 is 0.593 bits per heavy atom. The second-order valence-corrected chi connectivity index (χ2v) is 23.2. The summed E-state index contributed by atoms with van der Waals surface area (Å²) in [4.78, 5) is 156. The minimum Gasteiger partial charge on any atom is -0.508 e. The number of primary amides is 2. The average Bonchev–Trinajstić information content (AvgIpc) is 2.10. The molecule has 1 fully saturated rings. The number of carbonyl (C=O) groups excluding carboxylic acids is 11. The van der Waals surface area contributed by atoms with E-state index in [-0.39, 0.29) is 95.0 Å². The van der Waals surface area contributed by atoms with Gasteiger partial charge < -0.3 is 85.9 Å². The molecule has 0 radical (unpaired) electrons. The largest absolute Gasteiger partial charge is 0.508 e. The number of likely N-dealkylation sites (tertiary alicyclic amines) is 1. The van der Waals surface area contributed by atoms with Crippen LogP contribution in [0.1, 0.15) is 89.3 Å². The van der Waals surface area contributed by atoms with E-state index in [9.17, 15) is 63.0 Å².